The zero-order chi connectivity index (χ0) is 9.35. The van der Waals surface area contributed by atoms with Gasteiger partial charge in [-0.05, 0) is 6.07 Å². The molecule has 1 aromatic rings. The van der Waals surface area contributed by atoms with Gasteiger partial charge in [0.15, 0.2) is 5.03 Å². The van der Waals surface area contributed by atoms with Crippen LogP contribution in [-0.2, 0) is 9.05 Å². The standard InChI is InChI=1S/C5H2Cl3NO2S/c6-3-1-2-9-5(4(3)7)12(8,10)11/h1-2H. The largest absolute Gasteiger partial charge is 0.280 e. The molecule has 0 saturated heterocycles. The Bertz CT molecular complexity index is 403. The van der Waals surface area contributed by atoms with Gasteiger partial charge >= 0.3 is 0 Å². The molecular weight excluding hydrogens is 244 g/mol. The van der Waals surface area contributed by atoms with Gasteiger partial charge in [0.1, 0.15) is 0 Å². The number of halogens is 3. The van der Waals surface area contributed by atoms with Gasteiger partial charge in [-0.15, -0.1) is 0 Å². The van der Waals surface area contributed by atoms with Gasteiger partial charge in [-0.1, -0.05) is 23.2 Å². The number of rotatable bonds is 1. The van der Waals surface area contributed by atoms with Gasteiger partial charge in [0, 0.05) is 16.9 Å². The topological polar surface area (TPSA) is 47.0 Å². The van der Waals surface area contributed by atoms with Gasteiger partial charge in [0.25, 0.3) is 9.05 Å². The minimum absolute atomic E-state index is 0.103. The fourth-order valence-electron chi connectivity index (χ4n) is 0.572. The molecule has 0 bridgehead atoms. The van der Waals surface area contributed by atoms with Gasteiger partial charge in [-0.3, -0.25) is 0 Å². The summed E-state index contributed by atoms with van der Waals surface area (Å²) in [4.78, 5) is 3.47. The van der Waals surface area contributed by atoms with Crippen molar-refractivity contribution < 1.29 is 8.42 Å². The van der Waals surface area contributed by atoms with E-state index in [1.54, 1.807) is 0 Å². The van der Waals surface area contributed by atoms with Crippen molar-refractivity contribution in [2.24, 2.45) is 0 Å². The van der Waals surface area contributed by atoms with Gasteiger partial charge in [-0.25, -0.2) is 13.4 Å². The molecule has 0 radical (unpaired) electrons. The van der Waals surface area contributed by atoms with Crippen LogP contribution in [0.5, 0.6) is 0 Å². The van der Waals surface area contributed by atoms with Crippen LogP contribution in [0.25, 0.3) is 0 Å². The third kappa shape index (κ3) is 2.01. The Hall–Kier alpha value is -0.0300. The molecule has 0 aliphatic carbocycles. The van der Waals surface area contributed by atoms with Crippen molar-refractivity contribution in [3.63, 3.8) is 0 Å². The van der Waals surface area contributed by atoms with E-state index >= 15 is 0 Å². The molecule has 12 heavy (non-hydrogen) atoms. The summed E-state index contributed by atoms with van der Waals surface area (Å²) in [5.74, 6) is 0. The number of hydrogen-bond donors (Lipinski definition) is 0. The third-order valence-electron chi connectivity index (χ3n) is 1.04. The molecule has 3 nitrogen and oxygen atoms in total. The zero-order valence-corrected chi connectivity index (χ0v) is 8.54. The maximum atomic E-state index is 10.8. The van der Waals surface area contributed by atoms with E-state index in [-0.39, 0.29) is 10.0 Å². The number of nitrogens with zero attached hydrogens (tertiary/aromatic N) is 1. The summed E-state index contributed by atoms with van der Waals surface area (Å²) in [7, 11) is 1.09. The van der Waals surface area contributed by atoms with Crippen molar-refractivity contribution in [3.05, 3.63) is 22.3 Å². The molecule has 0 saturated carbocycles. The van der Waals surface area contributed by atoms with E-state index in [1.807, 2.05) is 0 Å². The molecule has 1 aromatic heterocycles. The van der Waals surface area contributed by atoms with E-state index in [1.165, 1.54) is 12.3 Å². The Kier molecular flexibility index (Phi) is 2.83. The number of aromatic nitrogens is 1. The molecule has 0 aromatic carbocycles. The molecule has 1 heterocycles. The van der Waals surface area contributed by atoms with Crippen molar-refractivity contribution in [2.45, 2.75) is 5.03 Å². The molecule has 0 aliphatic heterocycles. The minimum atomic E-state index is -3.91. The first-order valence-corrected chi connectivity index (χ1v) is 5.74. The predicted molar refractivity (Wildman–Crippen MR) is 47.3 cm³/mol. The van der Waals surface area contributed by atoms with Crippen molar-refractivity contribution in [3.8, 4) is 0 Å². The molecule has 66 valence electrons. The quantitative estimate of drug-likeness (QED) is 0.715. The summed E-state index contributed by atoms with van der Waals surface area (Å²) in [6.07, 6.45) is 1.21. The van der Waals surface area contributed by atoms with Crippen LogP contribution in [0.4, 0.5) is 0 Å². The van der Waals surface area contributed by atoms with Gasteiger partial charge < -0.3 is 0 Å². The first-order chi connectivity index (χ1) is 5.43. The average Bonchev–Trinajstić information content (AvgIpc) is 1.92. The Labute approximate surface area is 83.7 Å². The van der Waals surface area contributed by atoms with Crippen molar-refractivity contribution in [1.82, 2.24) is 4.98 Å². The van der Waals surface area contributed by atoms with E-state index in [9.17, 15) is 8.42 Å². The van der Waals surface area contributed by atoms with E-state index in [0.717, 1.165) is 0 Å². The Morgan fingerprint density at radius 2 is 1.92 bits per heavy atom. The summed E-state index contributed by atoms with van der Waals surface area (Å²) in [6, 6.07) is 1.37. The molecule has 0 spiro atoms. The second-order valence-corrected chi connectivity index (χ2v) is 5.12. The fraction of sp³-hybridized carbons (Fsp3) is 0. The van der Waals surface area contributed by atoms with Crippen molar-refractivity contribution >= 4 is 42.9 Å². The van der Waals surface area contributed by atoms with Crippen LogP contribution < -0.4 is 0 Å². The van der Waals surface area contributed by atoms with E-state index < -0.39 is 14.1 Å². The lowest BCUT2D eigenvalue weighted by molar-refractivity contribution is 0.606. The van der Waals surface area contributed by atoms with Crippen LogP contribution >= 0.6 is 33.9 Å². The lowest BCUT2D eigenvalue weighted by atomic mass is 10.5. The van der Waals surface area contributed by atoms with Crippen molar-refractivity contribution in [2.75, 3.05) is 0 Å². The van der Waals surface area contributed by atoms with Crippen LogP contribution in [0.2, 0.25) is 10.0 Å². The highest BCUT2D eigenvalue weighted by Crippen LogP contribution is 2.28. The maximum Gasteiger partial charge on any atom is 0.280 e. The number of pyridine rings is 1. The Morgan fingerprint density at radius 1 is 1.33 bits per heavy atom. The molecule has 7 heteroatoms. The van der Waals surface area contributed by atoms with Gasteiger partial charge in [-0.2, -0.15) is 0 Å². The Morgan fingerprint density at radius 3 is 2.33 bits per heavy atom. The summed E-state index contributed by atoms with van der Waals surface area (Å²) in [5.41, 5.74) is 0. The third-order valence-corrected chi connectivity index (χ3v) is 3.16. The van der Waals surface area contributed by atoms with Crippen LogP contribution in [0.1, 0.15) is 0 Å². The van der Waals surface area contributed by atoms with Gasteiger partial charge in [0.2, 0.25) is 0 Å². The van der Waals surface area contributed by atoms with E-state index in [4.69, 9.17) is 33.9 Å². The van der Waals surface area contributed by atoms with Crippen LogP contribution in [0.3, 0.4) is 0 Å². The number of hydrogen-bond acceptors (Lipinski definition) is 3. The minimum Gasteiger partial charge on any atom is -0.242 e. The van der Waals surface area contributed by atoms with Crippen molar-refractivity contribution in [1.29, 1.82) is 0 Å². The molecule has 0 aliphatic rings. The average molecular weight is 247 g/mol. The first kappa shape index (κ1) is 10.1. The summed E-state index contributed by atoms with van der Waals surface area (Å²) in [5, 5.41) is -0.474. The lowest BCUT2D eigenvalue weighted by Crippen LogP contribution is -1.95. The lowest BCUT2D eigenvalue weighted by Gasteiger charge is -1.98. The molecule has 0 atom stereocenters. The SMILES string of the molecule is O=S(=O)(Cl)c1nccc(Cl)c1Cl. The second kappa shape index (κ2) is 3.38. The highest BCUT2D eigenvalue weighted by Gasteiger charge is 2.17. The zero-order valence-electron chi connectivity index (χ0n) is 5.46. The second-order valence-electron chi connectivity index (χ2n) is 1.85. The first-order valence-electron chi connectivity index (χ1n) is 2.67. The van der Waals surface area contributed by atoms with Gasteiger partial charge in [0.05, 0.1) is 10.0 Å². The predicted octanol–water partition coefficient (Wildman–Crippen LogP) is 2.32. The summed E-state index contributed by atoms with van der Waals surface area (Å²) >= 11 is 11.0. The fourth-order valence-corrected chi connectivity index (χ4v) is 2.17. The van der Waals surface area contributed by atoms with E-state index in [0.29, 0.717) is 0 Å². The molecule has 1 rings (SSSR count). The molecule has 0 N–H and O–H groups in total. The molecule has 0 fully saturated rings. The summed E-state index contributed by atoms with van der Waals surface area (Å²) < 4.78 is 21.5. The van der Waals surface area contributed by atoms with E-state index in [2.05, 4.69) is 4.98 Å². The Balaban J connectivity index is 3.47. The monoisotopic (exact) mass is 245 g/mol. The molecule has 0 unspecified atom stereocenters. The van der Waals surface area contributed by atoms with Crippen LogP contribution in [0, 0.1) is 0 Å². The molecular formula is C5H2Cl3NO2S. The summed E-state index contributed by atoms with van der Waals surface area (Å²) in [6.45, 7) is 0. The van der Waals surface area contributed by atoms with Crippen LogP contribution in [-0.4, -0.2) is 13.4 Å². The maximum absolute atomic E-state index is 10.8. The molecule has 0 amide bonds. The van der Waals surface area contributed by atoms with Crippen LogP contribution in [0.15, 0.2) is 17.3 Å². The normalized spacial score (nSPS) is 11.6. The highest BCUT2D eigenvalue weighted by atomic mass is 35.7. The smallest absolute Gasteiger partial charge is 0.242 e. The highest BCUT2D eigenvalue weighted by molar-refractivity contribution is 8.13.